The van der Waals surface area contributed by atoms with Crippen molar-refractivity contribution in [1.82, 2.24) is 9.36 Å². The highest BCUT2D eigenvalue weighted by atomic mass is 35.5. The molecular formula is C24H21ClN4OS2. The van der Waals surface area contributed by atoms with Crippen LogP contribution in [-0.4, -0.2) is 14.5 Å². The van der Waals surface area contributed by atoms with Crippen LogP contribution in [-0.2, 0) is 7.05 Å². The Bertz CT molecular complexity index is 1310. The van der Waals surface area contributed by atoms with Crippen molar-refractivity contribution in [3.63, 3.8) is 0 Å². The fraction of sp³-hybridized carbons (Fsp3) is 0.0833. The van der Waals surface area contributed by atoms with Crippen LogP contribution in [0, 0.1) is 6.92 Å². The molecule has 0 fully saturated rings. The summed E-state index contributed by atoms with van der Waals surface area (Å²) >= 11 is 13.1. The van der Waals surface area contributed by atoms with Gasteiger partial charge in [-0.15, -0.1) is 0 Å². The van der Waals surface area contributed by atoms with E-state index >= 15 is 0 Å². The Morgan fingerprint density at radius 2 is 1.59 bits per heavy atom. The predicted molar refractivity (Wildman–Crippen MR) is 138 cm³/mol. The van der Waals surface area contributed by atoms with Gasteiger partial charge in [0.15, 0.2) is 5.11 Å². The molecule has 3 aromatic carbocycles. The van der Waals surface area contributed by atoms with Crippen molar-refractivity contribution in [2.24, 2.45) is 7.05 Å². The zero-order chi connectivity index (χ0) is 22.7. The largest absolute Gasteiger partial charge is 0.332 e. The highest BCUT2D eigenvalue weighted by molar-refractivity contribution is 7.99. The molecule has 1 aromatic heterocycles. The van der Waals surface area contributed by atoms with Crippen LogP contribution in [0.25, 0.3) is 5.69 Å². The fourth-order valence-electron chi connectivity index (χ4n) is 3.27. The molecule has 8 heteroatoms. The van der Waals surface area contributed by atoms with Crippen LogP contribution in [0.15, 0.2) is 93.4 Å². The minimum absolute atomic E-state index is 0.163. The molecule has 1 heterocycles. The summed E-state index contributed by atoms with van der Waals surface area (Å²) in [5.41, 5.74) is 2.70. The minimum atomic E-state index is -0.163. The van der Waals surface area contributed by atoms with Gasteiger partial charge in [-0.05, 0) is 67.7 Å². The summed E-state index contributed by atoms with van der Waals surface area (Å²) in [6.45, 7) is 1.89. The predicted octanol–water partition coefficient (Wildman–Crippen LogP) is 6.10. The van der Waals surface area contributed by atoms with Gasteiger partial charge in [-0.1, -0.05) is 53.7 Å². The molecule has 2 N–H and O–H groups in total. The van der Waals surface area contributed by atoms with Gasteiger partial charge in [0.1, 0.15) is 5.69 Å². The number of rotatable bonds is 5. The molecule has 0 atom stereocenters. The van der Waals surface area contributed by atoms with E-state index in [1.165, 1.54) is 0 Å². The molecular weight excluding hydrogens is 460 g/mol. The van der Waals surface area contributed by atoms with Crippen molar-refractivity contribution in [3.8, 4) is 5.69 Å². The number of nitrogens with zero attached hydrogens (tertiary/aromatic N) is 2. The Balaban J connectivity index is 1.55. The van der Waals surface area contributed by atoms with Crippen molar-refractivity contribution in [2.75, 3.05) is 10.6 Å². The van der Waals surface area contributed by atoms with E-state index in [4.69, 9.17) is 23.8 Å². The Morgan fingerprint density at radius 1 is 0.938 bits per heavy atom. The molecule has 0 aliphatic rings. The summed E-state index contributed by atoms with van der Waals surface area (Å²) in [7, 11) is 1.85. The first kappa shape index (κ1) is 22.2. The molecule has 0 saturated carbocycles. The maximum atomic E-state index is 13.1. The second kappa shape index (κ2) is 9.65. The van der Waals surface area contributed by atoms with Crippen molar-refractivity contribution in [2.45, 2.75) is 16.7 Å². The monoisotopic (exact) mass is 480 g/mol. The van der Waals surface area contributed by atoms with E-state index < -0.39 is 0 Å². The zero-order valence-electron chi connectivity index (χ0n) is 17.5. The number of para-hydroxylation sites is 2. The van der Waals surface area contributed by atoms with Gasteiger partial charge in [0.2, 0.25) is 0 Å². The van der Waals surface area contributed by atoms with Gasteiger partial charge in [0.05, 0.1) is 17.1 Å². The molecule has 4 aromatic rings. The third kappa shape index (κ3) is 4.75. The van der Waals surface area contributed by atoms with E-state index in [1.807, 2.05) is 97.5 Å². The Labute approximate surface area is 201 Å². The second-order valence-corrected chi connectivity index (χ2v) is 9.03. The van der Waals surface area contributed by atoms with Gasteiger partial charge >= 0.3 is 0 Å². The molecule has 32 heavy (non-hydrogen) atoms. The lowest BCUT2D eigenvalue weighted by Crippen LogP contribution is -2.25. The molecule has 0 aliphatic heterocycles. The van der Waals surface area contributed by atoms with E-state index in [0.717, 1.165) is 26.9 Å². The SMILES string of the molecule is Cc1c(NC(=S)Nc2ccccc2Sc2ccc(Cl)cc2)c(=O)n(-c2ccccc2)n1C. The van der Waals surface area contributed by atoms with Crippen LogP contribution in [0.2, 0.25) is 5.02 Å². The molecule has 4 rings (SSSR count). The molecule has 0 radical (unpaired) electrons. The number of aromatic nitrogens is 2. The average molecular weight is 481 g/mol. The first-order valence-corrected chi connectivity index (χ1v) is 11.5. The molecule has 162 valence electrons. The average Bonchev–Trinajstić information content (AvgIpc) is 3.00. The molecule has 0 spiro atoms. The highest BCUT2D eigenvalue weighted by Gasteiger charge is 2.17. The van der Waals surface area contributed by atoms with E-state index in [0.29, 0.717) is 15.8 Å². The van der Waals surface area contributed by atoms with Gasteiger partial charge in [-0.3, -0.25) is 9.48 Å². The zero-order valence-corrected chi connectivity index (χ0v) is 19.9. The molecule has 0 amide bonds. The third-order valence-electron chi connectivity index (χ3n) is 4.97. The van der Waals surface area contributed by atoms with Gasteiger partial charge < -0.3 is 10.6 Å². The van der Waals surface area contributed by atoms with Crippen molar-refractivity contribution in [3.05, 3.63) is 99.9 Å². The van der Waals surface area contributed by atoms with Crippen LogP contribution < -0.4 is 16.2 Å². The van der Waals surface area contributed by atoms with E-state index in [2.05, 4.69) is 10.6 Å². The summed E-state index contributed by atoms with van der Waals surface area (Å²) in [4.78, 5) is 15.2. The molecule has 0 saturated heterocycles. The molecule has 0 unspecified atom stereocenters. The van der Waals surface area contributed by atoms with Crippen molar-refractivity contribution < 1.29 is 0 Å². The molecule has 5 nitrogen and oxygen atoms in total. The van der Waals surface area contributed by atoms with Crippen molar-refractivity contribution in [1.29, 1.82) is 0 Å². The van der Waals surface area contributed by atoms with Crippen LogP contribution in [0.5, 0.6) is 0 Å². The second-order valence-electron chi connectivity index (χ2n) is 7.07. The van der Waals surface area contributed by atoms with E-state index in [9.17, 15) is 4.79 Å². The normalized spacial score (nSPS) is 10.7. The third-order valence-corrected chi connectivity index (χ3v) is 6.51. The Morgan fingerprint density at radius 3 is 2.31 bits per heavy atom. The standard InChI is InChI=1S/C24H21ClN4OS2/c1-16-22(23(30)29(28(16)2)18-8-4-3-5-9-18)27-24(31)26-20-10-6-7-11-21(20)32-19-14-12-17(25)13-15-19/h3-15H,1-2H3,(H2,26,27,31). The number of hydrogen-bond donors (Lipinski definition) is 2. The number of hydrogen-bond acceptors (Lipinski definition) is 3. The quantitative estimate of drug-likeness (QED) is 0.338. The van der Waals surface area contributed by atoms with Crippen LogP contribution >= 0.6 is 35.6 Å². The van der Waals surface area contributed by atoms with Gasteiger partial charge in [-0.2, -0.15) is 0 Å². The highest BCUT2D eigenvalue weighted by Crippen LogP contribution is 2.34. The first-order valence-electron chi connectivity index (χ1n) is 9.88. The summed E-state index contributed by atoms with van der Waals surface area (Å²) in [6.07, 6.45) is 0. The number of nitrogens with one attached hydrogen (secondary N) is 2. The number of benzene rings is 3. The molecule has 0 aliphatic carbocycles. The maximum Gasteiger partial charge on any atom is 0.295 e. The lowest BCUT2D eigenvalue weighted by Gasteiger charge is -2.13. The summed E-state index contributed by atoms with van der Waals surface area (Å²) in [5, 5.41) is 7.37. The van der Waals surface area contributed by atoms with Gasteiger partial charge in [-0.25, -0.2) is 4.68 Å². The van der Waals surface area contributed by atoms with Gasteiger partial charge in [0.25, 0.3) is 5.56 Å². The van der Waals surface area contributed by atoms with Crippen molar-refractivity contribution >= 4 is 52.1 Å². The lowest BCUT2D eigenvalue weighted by atomic mass is 10.3. The Hall–Kier alpha value is -3.00. The van der Waals surface area contributed by atoms with Crippen LogP contribution in [0.3, 0.4) is 0 Å². The van der Waals surface area contributed by atoms with E-state index in [-0.39, 0.29) is 5.56 Å². The van der Waals surface area contributed by atoms with E-state index in [1.54, 1.807) is 16.4 Å². The number of thiocarbonyl (C=S) groups is 1. The van der Waals surface area contributed by atoms with Gasteiger partial charge in [0, 0.05) is 21.9 Å². The van der Waals surface area contributed by atoms with Crippen LogP contribution in [0.1, 0.15) is 5.69 Å². The minimum Gasteiger partial charge on any atom is -0.332 e. The number of halogens is 1. The molecule has 0 bridgehead atoms. The maximum absolute atomic E-state index is 13.1. The first-order chi connectivity index (χ1) is 15.4. The fourth-order valence-corrected chi connectivity index (χ4v) is 4.51. The number of anilines is 2. The lowest BCUT2D eigenvalue weighted by molar-refractivity contribution is 0.630. The van der Waals surface area contributed by atoms with Crippen LogP contribution in [0.4, 0.5) is 11.4 Å². The Kier molecular flexibility index (Phi) is 6.69. The topological polar surface area (TPSA) is 51.0 Å². The summed E-state index contributed by atoms with van der Waals surface area (Å²) in [5.74, 6) is 0. The summed E-state index contributed by atoms with van der Waals surface area (Å²) in [6, 6.07) is 25.1. The smallest absolute Gasteiger partial charge is 0.295 e. The summed E-state index contributed by atoms with van der Waals surface area (Å²) < 4.78 is 3.43.